The van der Waals surface area contributed by atoms with E-state index >= 15 is 0 Å². The number of halogens is 1. The summed E-state index contributed by atoms with van der Waals surface area (Å²) in [5.74, 6) is 1.15. The SMILES string of the molecule is Cc1c(Cl)cccc1NC(=O)C1CCCN(Cc2nc(-c3cccs3)no2)C1. The van der Waals surface area contributed by atoms with Gasteiger partial charge in [-0.2, -0.15) is 4.98 Å². The molecular weight excluding hydrogens is 396 g/mol. The third-order valence-corrected chi connectivity index (χ3v) is 6.25. The van der Waals surface area contributed by atoms with Crippen LogP contribution in [0.25, 0.3) is 10.7 Å². The Morgan fingerprint density at radius 1 is 1.39 bits per heavy atom. The minimum Gasteiger partial charge on any atom is -0.338 e. The largest absolute Gasteiger partial charge is 0.338 e. The van der Waals surface area contributed by atoms with Crippen LogP contribution in [0.1, 0.15) is 24.3 Å². The van der Waals surface area contributed by atoms with Crippen molar-refractivity contribution in [2.75, 3.05) is 18.4 Å². The van der Waals surface area contributed by atoms with E-state index in [4.69, 9.17) is 16.1 Å². The fourth-order valence-electron chi connectivity index (χ4n) is 3.41. The van der Waals surface area contributed by atoms with Crippen molar-refractivity contribution in [2.24, 2.45) is 5.92 Å². The third kappa shape index (κ3) is 4.27. The molecule has 0 saturated carbocycles. The number of anilines is 1. The lowest BCUT2D eigenvalue weighted by molar-refractivity contribution is -0.121. The van der Waals surface area contributed by atoms with Gasteiger partial charge in [-0.15, -0.1) is 11.3 Å². The van der Waals surface area contributed by atoms with Crippen molar-refractivity contribution >= 4 is 34.5 Å². The molecule has 8 heteroatoms. The van der Waals surface area contributed by atoms with Gasteiger partial charge in [0, 0.05) is 17.3 Å². The number of amides is 1. The minimum atomic E-state index is -0.0770. The molecule has 0 aliphatic carbocycles. The monoisotopic (exact) mass is 416 g/mol. The summed E-state index contributed by atoms with van der Waals surface area (Å²) in [7, 11) is 0. The van der Waals surface area contributed by atoms with E-state index in [0.717, 1.165) is 35.5 Å². The molecule has 1 fully saturated rings. The van der Waals surface area contributed by atoms with Crippen LogP contribution < -0.4 is 5.32 Å². The van der Waals surface area contributed by atoms with Crippen LogP contribution in [-0.2, 0) is 11.3 Å². The van der Waals surface area contributed by atoms with Crippen molar-refractivity contribution in [3.8, 4) is 10.7 Å². The highest BCUT2D eigenvalue weighted by atomic mass is 35.5. The van der Waals surface area contributed by atoms with Crippen LogP contribution >= 0.6 is 22.9 Å². The fourth-order valence-corrected chi connectivity index (χ4v) is 4.23. The van der Waals surface area contributed by atoms with E-state index in [0.29, 0.717) is 29.8 Å². The first-order valence-corrected chi connectivity index (χ1v) is 10.5. The van der Waals surface area contributed by atoms with Gasteiger partial charge in [0.15, 0.2) is 0 Å². The summed E-state index contributed by atoms with van der Waals surface area (Å²) in [6, 6.07) is 9.48. The summed E-state index contributed by atoms with van der Waals surface area (Å²) in [6.45, 7) is 4.04. The van der Waals surface area contributed by atoms with E-state index in [9.17, 15) is 4.79 Å². The number of hydrogen-bond donors (Lipinski definition) is 1. The summed E-state index contributed by atoms with van der Waals surface area (Å²) >= 11 is 7.74. The summed E-state index contributed by atoms with van der Waals surface area (Å²) < 4.78 is 5.40. The fraction of sp³-hybridized carbons (Fsp3) is 0.350. The zero-order valence-electron chi connectivity index (χ0n) is 15.5. The Labute approximate surface area is 172 Å². The average Bonchev–Trinajstić information content (AvgIpc) is 3.37. The second-order valence-electron chi connectivity index (χ2n) is 6.96. The van der Waals surface area contributed by atoms with E-state index in [-0.39, 0.29) is 11.8 Å². The molecular formula is C20H21ClN4O2S. The van der Waals surface area contributed by atoms with Gasteiger partial charge in [0.25, 0.3) is 0 Å². The molecule has 1 aromatic carbocycles. The lowest BCUT2D eigenvalue weighted by atomic mass is 9.97. The van der Waals surface area contributed by atoms with Crippen molar-refractivity contribution in [2.45, 2.75) is 26.3 Å². The number of carbonyl (C=O) groups is 1. The quantitative estimate of drug-likeness (QED) is 0.657. The van der Waals surface area contributed by atoms with Crippen molar-refractivity contribution in [1.82, 2.24) is 15.0 Å². The molecule has 0 spiro atoms. The Morgan fingerprint density at radius 3 is 3.11 bits per heavy atom. The molecule has 3 aromatic rings. The summed E-state index contributed by atoms with van der Waals surface area (Å²) in [5.41, 5.74) is 1.66. The van der Waals surface area contributed by atoms with Crippen molar-refractivity contribution < 1.29 is 9.32 Å². The Kier molecular flexibility index (Phi) is 5.75. The molecule has 1 N–H and O–H groups in total. The third-order valence-electron chi connectivity index (χ3n) is 4.97. The summed E-state index contributed by atoms with van der Waals surface area (Å²) in [5, 5.41) is 9.73. The highest BCUT2D eigenvalue weighted by Gasteiger charge is 2.27. The number of piperidine rings is 1. The molecule has 6 nitrogen and oxygen atoms in total. The lowest BCUT2D eigenvalue weighted by Gasteiger charge is -2.31. The predicted molar refractivity (Wildman–Crippen MR) is 110 cm³/mol. The molecule has 1 aliphatic heterocycles. The number of likely N-dealkylation sites (tertiary alicyclic amines) is 1. The first kappa shape index (κ1) is 19.1. The first-order chi connectivity index (χ1) is 13.6. The highest BCUT2D eigenvalue weighted by molar-refractivity contribution is 7.13. The van der Waals surface area contributed by atoms with E-state index < -0.39 is 0 Å². The van der Waals surface area contributed by atoms with Crippen LogP contribution in [0.2, 0.25) is 5.02 Å². The molecule has 2 aromatic heterocycles. The average molecular weight is 417 g/mol. The maximum Gasteiger partial charge on any atom is 0.241 e. The standard InChI is InChI=1S/C20H21ClN4O2S/c1-13-15(21)6-2-7-16(13)22-20(26)14-5-3-9-25(11-14)12-18-23-19(24-27-18)17-8-4-10-28-17/h2,4,6-8,10,14H,3,5,9,11-12H2,1H3,(H,22,26). The van der Waals surface area contributed by atoms with Crippen LogP contribution in [-0.4, -0.2) is 34.0 Å². The number of nitrogens with one attached hydrogen (secondary N) is 1. The van der Waals surface area contributed by atoms with Gasteiger partial charge in [0.05, 0.1) is 17.3 Å². The van der Waals surface area contributed by atoms with Gasteiger partial charge in [-0.25, -0.2) is 0 Å². The van der Waals surface area contributed by atoms with Gasteiger partial charge >= 0.3 is 0 Å². The van der Waals surface area contributed by atoms with Gasteiger partial charge in [0.2, 0.25) is 17.6 Å². The van der Waals surface area contributed by atoms with E-state index in [1.807, 2.05) is 42.6 Å². The van der Waals surface area contributed by atoms with Crippen LogP contribution in [0.5, 0.6) is 0 Å². The molecule has 3 heterocycles. The predicted octanol–water partition coefficient (Wildman–Crippen LogP) is 4.61. The van der Waals surface area contributed by atoms with Crippen molar-refractivity contribution in [3.63, 3.8) is 0 Å². The number of hydrogen-bond acceptors (Lipinski definition) is 6. The van der Waals surface area contributed by atoms with Crippen LogP contribution in [0.4, 0.5) is 5.69 Å². The molecule has 146 valence electrons. The maximum atomic E-state index is 12.8. The molecule has 0 radical (unpaired) electrons. The number of benzene rings is 1. The van der Waals surface area contributed by atoms with E-state index in [2.05, 4.69) is 20.4 Å². The molecule has 4 rings (SSSR count). The van der Waals surface area contributed by atoms with Gasteiger partial charge < -0.3 is 9.84 Å². The zero-order valence-corrected chi connectivity index (χ0v) is 17.1. The Bertz CT molecular complexity index is 957. The van der Waals surface area contributed by atoms with Gasteiger partial charge in [0.1, 0.15) is 0 Å². The zero-order chi connectivity index (χ0) is 19.5. The number of rotatable bonds is 5. The highest BCUT2D eigenvalue weighted by Crippen LogP contribution is 2.26. The van der Waals surface area contributed by atoms with Crippen LogP contribution in [0.3, 0.4) is 0 Å². The first-order valence-electron chi connectivity index (χ1n) is 9.25. The number of aromatic nitrogens is 2. The number of nitrogens with zero attached hydrogens (tertiary/aromatic N) is 3. The second kappa shape index (κ2) is 8.43. The maximum absolute atomic E-state index is 12.8. The molecule has 1 aliphatic rings. The minimum absolute atomic E-state index is 0.0277. The van der Waals surface area contributed by atoms with Crippen molar-refractivity contribution in [3.05, 3.63) is 52.2 Å². The van der Waals surface area contributed by atoms with Gasteiger partial charge in [-0.3, -0.25) is 9.69 Å². The smallest absolute Gasteiger partial charge is 0.241 e. The Balaban J connectivity index is 1.37. The van der Waals surface area contributed by atoms with E-state index in [1.165, 1.54) is 0 Å². The number of thiophene rings is 1. The van der Waals surface area contributed by atoms with Gasteiger partial charge in [-0.05, 0) is 55.5 Å². The molecule has 1 saturated heterocycles. The molecule has 1 atom stereocenters. The molecule has 1 amide bonds. The topological polar surface area (TPSA) is 71.3 Å². The normalized spacial score (nSPS) is 17.6. The Hall–Kier alpha value is -2.22. The van der Waals surface area contributed by atoms with Crippen LogP contribution in [0.15, 0.2) is 40.2 Å². The van der Waals surface area contributed by atoms with E-state index in [1.54, 1.807) is 11.3 Å². The van der Waals surface area contributed by atoms with Gasteiger partial charge in [-0.1, -0.05) is 28.9 Å². The molecule has 1 unspecified atom stereocenters. The summed E-state index contributed by atoms with van der Waals surface area (Å²) in [6.07, 6.45) is 1.82. The second-order valence-corrected chi connectivity index (χ2v) is 8.32. The summed E-state index contributed by atoms with van der Waals surface area (Å²) in [4.78, 5) is 20.4. The Morgan fingerprint density at radius 2 is 2.29 bits per heavy atom. The van der Waals surface area contributed by atoms with Crippen LogP contribution in [0, 0.1) is 12.8 Å². The lowest BCUT2D eigenvalue weighted by Crippen LogP contribution is -2.40. The molecule has 28 heavy (non-hydrogen) atoms. The molecule has 0 bridgehead atoms. The number of carbonyl (C=O) groups excluding carboxylic acids is 1. The van der Waals surface area contributed by atoms with Crippen molar-refractivity contribution in [1.29, 1.82) is 0 Å².